The van der Waals surface area contributed by atoms with Crippen LogP contribution in [-0.4, -0.2) is 38.8 Å². The number of hydrogen-bond donors (Lipinski definition) is 1. The number of benzene rings is 2. The second-order valence-corrected chi connectivity index (χ2v) is 8.60. The van der Waals surface area contributed by atoms with E-state index >= 15 is 0 Å². The van der Waals surface area contributed by atoms with Gasteiger partial charge in [0, 0.05) is 7.05 Å². The second-order valence-electron chi connectivity index (χ2n) is 5.77. The van der Waals surface area contributed by atoms with Crippen LogP contribution < -0.4 is 10.1 Å². The van der Waals surface area contributed by atoms with Gasteiger partial charge in [-0.2, -0.15) is 4.31 Å². The number of nitrogens with one attached hydrogen (secondary N) is 1. The van der Waals surface area contributed by atoms with Crippen molar-refractivity contribution in [1.82, 2.24) is 4.31 Å². The van der Waals surface area contributed by atoms with Crippen molar-refractivity contribution in [2.45, 2.75) is 18.7 Å². The number of carbonyl (C=O) groups is 1. The zero-order valence-electron chi connectivity index (χ0n) is 15.1. The van der Waals surface area contributed by atoms with Crippen molar-refractivity contribution < 1.29 is 17.9 Å². The van der Waals surface area contributed by atoms with Crippen LogP contribution in [0, 0.1) is 6.92 Å². The Balaban J connectivity index is 2.13. The van der Waals surface area contributed by atoms with Gasteiger partial charge in [-0.1, -0.05) is 29.3 Å². The summed E-state index contributed by atoms with van der Waals surface area (Å²) >= 11 is 11.9. The monoisotopic (exact) mass is 430 g/mol. The molecule has 6 nitrogen and oxygen atoms in total. The van der Waals surface area contributed by atoms with Crippen LogP contribution in [0.2, 0.25) is 10.0 Å². The van der Waals surface area contributed by atoms with E-state index in [0.717, 1.165) is 4.31 Å². The number of halogens is 2. The molecule has 0 heterocycles. The van der Waals surface area contributed by atoms with E-state index in [1.807, 2.05) is 6.92 Å². The Bertz CT molecular complexity index is 948. The Labute approximate surface area is 169 Å². The highest BCUT2D eigenvalue weighted by molar-refractivity contribution is 7.89. The number of nitrogens with zero attached hydrogens (tertiary/aromatic N) is 1. The van der Waals surface area contributed by atoms with Gasteiger partial charge >= 0.3 is 0 Å². The molecule has 0 spiro atoms. The predicted molar refractivity (Wildman–Crippen MR) is 107 cm³/mol. The summed E-state index contributed by atoms with van der Waals surface area (Å²) in [4.78, 5) is 12.3. The molecule has 2 aromatic rings. The van der Waals surface area contributed by atoms with Crippen LogP contribution in [0.4, 0.5) is 5.69 Å². The van der Waals surface area contributed by atoms with Gasteiger partial charge in [-0.25, -0.2) is 8.42 Å². The van der Waals surface area contributed by atoms with Gasteiger partial charge in [0.15, 0.2) is 0 Å². The molecule has 0 aromatic heterocycles. The fourth-order valence-corrected chi connectivity index (χ4v) is 3.92. The third kappa shape index (κ3) is 5.13. The summed E-state index contributed by atoms with van der Waals surface area (Å²) in [7, 11) is -2.51. The number of rotatable bonds is 7. The standard InChI is InChI=1S/C18H20Cl2N2O4S/c1-4-26-16-9-8-13(10-12(16)2)27(24,25)22(3)11-17(23)21-15-7-5-6-14(19)18(15)20/h5-10H,4,11H2,1-3H3,(H,21,23). The fraction of sp³-hybridized carbons (Fsp3) is 0.278. The molecular weight excluding hydrogens is 411 g/mol. The van der Waals surface area contributed by atoms with Gasteiger partial charge in [0.05, 0.1) is 33.8 Å². The van der Waals surface area contributed by atoms with Crippen molar-refractivity contribution in [2.75, 3.05) is 25.5 Å². The molecule has 0 fully saturated rings. The number of anilines is 1. The number of carbonyl (C=O) groups excluding carboxylic acids is 1. The molecule has 0 saturated heterocycles. The molecule has 27 heavy (non-hydrogen) atoms. The summed E-state index contributed by atoms with van der Waals surface area (Å²) < 4.78 is 31.8. The van der Waals surface area contributed by atoms with Gasteiger partial charge in [-0.3, -0.25) is 4.79 Å². The molecule has 0 atom stereocenters. The van der Waals surface area contributed by atoms with Crippen LogP contribution >= 0.6 is 23.2 Å². The third-order valence-corrected chi connectivity index (χ3v) is 6.36. The Morgan fingerprint density at radius 1 is 1.22 bits per heavy atom. The molecule has 9 heteroatoms. The minimum atomic E-state index is -3.84. The molecule has 2 aromatic carbocycles. The third-order valence-electron chi connectivity index (χ3n) is 3.75. The number of likely N-dealkylation sites (N-methyl/N-ethyl adjacent to an activating group) is 1. The van der Waals surface area contributed by atoms with Crippen LogP contribution in [0.15, 0.2) is 41.3 Å². The van der Waals surface area contributed by atoms with E-state index in [1.165, 1.54) is 19.2 Å². The summed E-state index contributed by atoms with van der Waals surface area (Å²) in [5.41, 5.74) is 1.01. The number of aryl methyl sites for hydroxylation is 1. The van der Waals surface area contributed by atoms with Crippen LogP contribution in [-0.2, 0) is 14.8 Å². The average Bonchev–Trinajstić information content (AvgIpc) is 2.60. The average molecular weight is 431 g/mol. The molecule has 0 saturated carbocycles. The SMILES string of the molecule is CCOc1ccc(S(=O)(=O)N(C)CC(=O)Nc2cccc(Cl)c2Cl)cc1C. The Morgan fingerprint density at radius 3 is 2.56 bits per heavy atom. The maximum absolute atomic E-state index is 12.7. The second kappa shape index (κ2) is 8.93. The lowest BCUT2D eigenvalue weighted by atomic mass is 10.2. The Morgan fingerprint density at radius 2 is 1.93 bits per heavy atom. The van der Waals surface area contributed by atoms with E-state index in [4.69, 9.17) is 27.9 Å². The minimum Gasteiger partial charge on any atom is -0.494 e. The summed E-state index contributed by atoms with van der Waals surface area (Å²) in [5, 5.41) is 3.05. The summed E-state index contributed by atoms with van der Waals surface area (Å²) in [5.74, 6) is 0.0837. The Kier molecular flexibility index (Phi) is 7.11. The largest absolute Gasteiger partial charge is 0.494 e. The molecule has 0 radical (unpaired) electrons. The molecule has 2 rings (SSSR count). The molecule has 0 bridgehead atoms. The number of amides is 1. The van der Waals surface area contributed by atoms with Crippen LogP contribution in [0.25, 0.3) is 0 Å². The van der Waals surface area contributed by atoms with Crippen molar-refractivity contribution >= 4 is 44.8 Å². The van der Waals surface area contributed by atoms with E-state index in [9.17, 15) is 13.2 Å². The van der Waals surface area contributed by atoms with E-state index < -0.39 is 15.9 Å². The smallest absolute Gasteiger partial charge is 0.243 e. The first kappa shape index (κ1) is 21.5. The zero-order valence-corrected chi connectivity index (χ0v) is 17.5. The lowest BCUT2D eigenvalue weighted by Crippen LogP contribution is -2.35. The van der Waals surface area contributed by atoms with Gasteiger partial charge in [0.25, 0.3) is 0 Å². The summed E-state index contributed by atoms with van der Waals surface area (Å²) in [6, 6.07) is 9.37. The molecule has 1 amide bonds. The Hall–Kier alpha value is -1.80. The van der Waals surface area contributed by atoms with Crippen molar-refractivity contribution in [3.63, 3.8) is 0 Å². The minimum absolute atomic E-state index is 0.0829. The fourth-order valence-electron chi connectivity index (χ4n) is 2.36. The molecular formula is C18H20Cl2N2O4S. The maximum Gasteiger partial charge on any atom is 0.243 e. The van der Waals surface area contributed by atoms with Crippen LogP contribution in [0.5, 0.6) is 5.75 Å². The van der Waals surface area contributed by atoms with Gasteiger partial charge in [-0.05, 0) is 49.7 Å². The van der Waals surface area contributed by atoms with Gasteiger partial charge in [0.1, 0.15) is 5.75 Å². The van der Waals surface area contributed by atoms with Crippen molar-refractivity contribution in [1.29, 1.82) is 0 Å². The normalized spacial score (nSPS) is 11.5. The van der Waals surface area contributed by atoms with E-state index in [1.54, 1.807) is 31.2 Å². The maximum atomic E-state index is 12.7. The van der Waals surface area contributed by atoms with Gasteiger partial charge < -0.3 is 10.1 Å². The van der Waals surface area contributed by atoms with Crippen molar-refractivity contribution in [2.24, 2.45) is 0 Å². The summed E-state index contributed by atoms with van der Waals surface area (Å²) in [6.07, 6.45) is 0. The van der Waals surface area contributed by atoms with Crippen LogP contribution in [0.1, 0.15) is 12.5 Å². The topological polar surface area (TPSA) is 75.7 Å². The van der Waals surface area contributed by atoms with Crippen molar-refractivity contribution in [3.8, 4) is 5.75 Å². The van der Waals surface area contributed by atoms with Crippen molar-refractivity contribution in [3.05, 3.63) is 52.0 Å². The van der Waals surface area contributed by atoms with Gasteiger partial charge in [-0.15, -0.1) is 0 Å². The number of hydrogen-bond acceptors (Lipinski definition) is 4. The molecule has 1 N–H and O–H groups in total. The molecule has 0 unspecified atom stereocenters. The van der Waals surface area contributed by atoms with Crippen LogP contribution in [0.3, 0.4) is 0 Å². The lowest BCUT2D eigenvalue weighted by molar-refractivity contribution is -0.116. The molecule has 0 aliphatic rings. The molecule has 0 aliphatic heterocycles. The first-order chi connectivity index (χ1) is 12.7. The predicted octanol–water partition coefficient (Wildman–Crippen LogP) is 3.96. The first-order valence-corrected chi connectivity index (χ1v) is 10.3. The highest BCUT2D eigenvalue weighted by Gasteiger charge is 2.24. The lowest BCUT2D eigenvalue weighted by Gasteiger charge is -2.18. The molecule has 146 valence electrons. The van der Waals surface area contributed by atoms with Gasteiger partial charge in [0.2, 0.25) is 15.9 Å². The van der Waals surface area contributed by atoms with E-state index in [2.05, 4.69) is 5.32 Å². The summed E-state index contributed by atoms with van der Waals surface area (Å²) in [6.45, 7) is 3.72. The molecule has 0 aliphatic carbocycles. The van der Waals surface area contributed by atoms with E-state index in [0.29, 0.717) is 28.6 Å². The quantitative estimate of drug-likeness (QED) is 0.720. The van der Waals surface area contributed by atoms with E-state index in [-0.39, 0.29) is 16.5 Å². The highest BCUT2D eigenvalue weighted by atomic mass is 35.5. The first-order valence-electron chi connectivity index (χ1n) is 8.10. The zero-order chi connectivity index (χ0) is 20.2. The highest BCUT2D eigenvalue weighted by Crippen LogP contribution is 2.29. The number of sulfonamides is 1. The number of ether oxygens (including phenoxy) is 1.